The number of benzene rings is 2. The lowest BCUT2D eigenvalue weighted by Gasteiger charge is -2.17. The van der Waals surface area contributed by atoms with Gasteiger partial charge in [-0.25, -0.2) is 0 Å². The Hall–Kier alpha value is -2.80. The number of amides is 1. The van der Waals surface area contributed by atoms with Gasteiger partial charge in [0.05, 0.1) is 12.9 Å². The number of rotatable bonds is 8. The maximum Gasteiger partial charge on any atom is 0.233 e. The van der Waals surface area contributed by atoms with E-state index in [1.807, 2.05) is 42.9 Å². The second kappa shape index (κ2) is 9.60. The molecule has 0 saturated heterocycles. The van der Waals surface area contributed by atoms with E-state index in [0.717, 1.165) is 29.1 Å². The van der Waals surface area contributed by atoms with Crippen LogP contribution in [0.15, 0.2) is 53.7 Å². The van der Waals surface area contributed by atoms with Crippen LogP contribution in [0, 0.1) is 0 Å². The van der Waals surface area contributed by atoms with E-state index >= 15 is 0 Å². The minimum absolute atomic E-state index is 0.0560. The Morgan fingerprint density at radius 2 is 1.86 bits per heavy atom. The van der Waals surface area contributed by atoms with Crippen molar-refractivity contribution in [2.45, 2.75) is 25.0 Å². The van der Waals surface area contributed by atoms with E-state index in [-0.39, 0.29) is 5.91 Å². The zero-order valence-electron chi connectivity index (χ0n) is 17.3. The molecule has 0 aliphatic rings. The van der Waals surface area contributed by atoms with E-state index in [9.17, 15) is 4.79 Å². The predicted octanol–water partition coefficient (Wildman–Crippen LogP) is 3.80. The molecule has 0 spiro atoms. The monoisotopic (exact) mass is 410 g/mol. The summed E-state index contributed by atoms with van der Waals surface area (Å²) in [6.07, 6.45) is 1.02. The van der Waals surface area contributed by atoms with Gasteiger partial charge in [-0.15, -0.1) is 10.2 Å². The number of hydrogen-bond acceptors (Lipinski definition) is 5. The molecule has 0 saturated carbocycles. The molecular formula is C22H26N4O2S. The number of aryl methyl sites for hydroxylation is 1. The Kier molecular flexibility index (Phi) is 6.93. The summed E-state index contributed by atoms with van der Waals surface area (Å²) in [4.78, 5) is 14.3. The number of nitrogens with zero attached hydrogens (tertiary/aromatic N) is 4. The zero-order valence-corrected chi connectivity index (χ0v) is 18.1. The first-order valence-electron chi connectivity index (χ1n) is 9.50. The van der Waals surface area contributed by atoms with Crippen LogP contribution in [0.1, 0.15) is 18.1 Å². The highest BCUT2D eigenvalue weighted by atomic mass is 32.2. The summed E-state index contributed by atoms with van der Waals surface area (Å²) in [5.41, 5.74) is 3.35. The average molecular weight is 411 g/mol. The first-order valence-corrected chi connectivity index (χ1v) is 10.5. The number of carbonyl (C=O) groups excluding carboxylic acids is 1. The van der Waals surface area contributed by atoms with Crippen LogP contribution in [0.25, 0.3) is 11.4 Å². The number of ether oxygens (including phenoxy) is 1. The molecule has 0 radical (unpaired) electrons. The minimum atomic E-state index is 0.0560. The number of methoxy groups -OCH3 is 1. The molecule has 0 aliphatic carbocycles. The highest BCUT2D eigenvalue weighted by molar-refractivity contribution is 7.99. The molecule has 0 bridgehead atoms. The Bertz CT molecular complexity index is 969. The number of hydrogen-bond donors (Lipinski definition) is 0. The van der Waals surface area contributed by atoms with Crippen molar-refractivity contribution >= 4 is 17.7 Å². The number of carbonyl (C=O) groups is 1. The van der Waals surface area contributed by atoms with E-state index in [2.05, 4.69) is 41.4 Å². The molecule has 1 heterocycles. The fourth-order valence-corrected chi connectivity index (χ4v) is 3.78. The van der Waals surface area contributed by atoms with Crippen molar-refractivity contribution in [2.24, 2.45) is 7.05 Å². The molecule has 3 aromatic rings. The summed E-state index contributed by atoms with van der Waals surface area (Å²) in [6.45, 7) is 2.73. The van der Waals surface area contributed by atoms with Crippen molar-refractivity contribution in [1.82, 2.24) is 19.7 Å². The van der Waals surface area contributed by atoms with E-state index in [1.165, 1.54) is 17.3 Å². The van der Waals surface area contributed by atoms with Gasteiger partial charge in [-0.05, 0) is 29.7 Å². The quantitative estimate of drug-likeness (QED) is 0.529. The molecule has 0 N–H and O–H groups in total. The van der Waals surface area contributed by atoms with Gasteiger partial charge in [-0.2, -0.15) is 0 Å². The van der Waals surface area contributed by atoms with Gasteiger partial charge in [0.1, 0.15) is 5.75 Å². The van der Waals surface area contributed by atoms with Crippen molar-refractivity contribution in [3.05, 3.63) is 59.7 Å². The van der Waals surface area contributed by atoms with Crippen LogP contribution >= 0.6 is 11.8 Å². The van der Waals surface area contributed by atoms with Gasteiger partial charge in [0, 0.05) is 26.2 Å². The van der Waals surface area contributed by atoms with E-state index in [0.29, 0.717) is 17.5 Å². The van der Waals surface area contributed by atoms with Crippen molar-refractivity contribution in [3.63, 3.8) is 0 Å². The maximum atomic E-state index is 12.5. The SMILES string of the molecule is CCc1ccc(CN(C)C(=O)CSc2nnc(-c3cccc(OC)c3)n2C)cc1. The van der Waals surface area contributed by atoms with Crippen molar-refractivity contribution < 1.29 is 9.53 Å². The van der Waals surface area contributed by atoms with Crippen LogP contribution in [0.2, 0.25) is 0 Å². The third kappa shape index (κ3) is 5.17. The van der Waals surface area contributed by atoms with Crippen LogP contribution in [0.5, 0.6) is 5.75 Å². The Balaban J connectivity index is 1.60. The lowest BCUT2D eigenvalue weighted by Crippen LogP contribution is -2.27. The zero-order chi connectivity index (χ0) is 20.8. The van der Waals surface area contributed by atoms with Crippen LogP contribution in [-0.2, 0) is 24.8 Å². The molecule has 0 unspecified atom stereocenters. The molecule has 2 aromatic carbocycles. The van der Waals surface area contributed by atoms with E-state index in [1.54, 1.807) is 12.0 Å². The normalized spacial score (nSPS) is 10.8. The summed E-state index contributed by atoms with van der Waals surface area (Å²) >= 11 is 1.39. The summed E-state index contributed by atoms with van der Waals surface area (Å²) in [5.74, 6) is 1.88. The second-order valence-electron chi connectivity index (χ2n) is 6.81. The van der Waals surface area contributed by atoms with Gasteiger partial charge in [-0.3, -0.25) is 4.79 Å². The summed E-state index contributed by atoms with van der Waals surface area (Å²) in [5, 5.41) is 9.23. The fourth-order valence-electron chi connectivity index (χ4n) is 2.93. The molecule has 29 heavy (non-hydrogen) atoms. The summed E-state index contributed by atoms with van der Waals surface area (Å²) in [6, 6.07) is 16.1. The first-order chi connectivity index (χ1) is 14.0. The van der Waals surface area contributed by atoms with Gasteiger partial charge in [0.15, 0.2) is 11.0 Å². The fraction of sp³-hybridized carbons (Fsp3) is 0.318. The molecule has 7 heteroatoms. The van der Waals surface area contributed by atoms with Gasteiger partial charge in [-0.1, -0.05) is 55.1 Å². The smallest absolute Gasteiger partial charge is 0.233 e. The second-order valence-corrected chi connectivity index (χ2v) is 7.75. The number of aromatic nitrogens is 3. The van der Waals surface area contributed by atoms with E-state index in [4.69, 9.17) is 4.74 Å². The number of thioether (sulfide) groups is 1. The molecule has 1 amide bonds. The average Bonchev–Trinajstić information content (AvgIpc) is 3.12. The Labute approximate surface area is 175 Å². The standard InChI is InChI=1S/C22H26N4O2S/c1-5-16-9-11-17(12-10-16)14-25(2)20(27)15-29-22-24-23-21(26(22)3)18-7-6-8-19(13-18)28-4/h6-13H,5,14-15H2,1-4H3. The molecule has 1 aromatic heterocycles. The van der Waals surface area contributed by atoms with Gasteiger partial charge < -0.3 is 14.2 Å². The summed E-state index contributed by atoms with van der Waals surface area (Å²) < 4.78 is 7.18. The highest BCUT2D eigenvalue weighted by Gasteiger charge is 2.15. The Morgan fingerprint density at radius 1 is 1.14 bits per heavy atom. The third-order valence-electron chi connectivity index (χ3n) is 4.76. The molecule has 0 atom stereocenters. The lowest BCUT2D eigenvalue weighted by molar-refractivity contribution is -0.127. The van der Waals surface area contributed by atoms with Crippen molar-refractivity contribution in [1.29, 1.82) is 0 Å². The Morgan fingerprint density at radius 3 is 2.55 bits per heavy atom. The van der Waals surface area contributed by atoms with Gasteiger partial charge >= 0.3 is 0 Å². The molecule has 3 rings (SSSR count). The summed E-state index contributed by atoms with van der Waals surface area (Å²) in [7, 11) is 5.37. The van der Waals surface area contributed by atoms with Crippen LogP contribution in [0.3, 0.4) is 0 Å². The topological polar surface area (TPSA) is 60.3 Å². The molecule has 6 nitrogen and oxygen atoms in total. The van der Waals surface area contributed by atoms with Crippen molar-refractivity contribution in [2.75, 3.05) is 19.9 Å². The minimum Gasteiger partial charge on any atom is -0.497 e. The van der Waals surface area contributed by atoms with E-state index < -0.39 is 0 Å². The van der Waals surface area contributed by atoms with Crippen molar-refractivity contribution in [3.8, 4) is 17.1 Å². The maximum absolute atomic E-state index is 12.5. The molecular weight excluding hydrogens is 384 g/mol. The molecule has 152 valence electrons. The highest BCUT2D eigenvalue weighted by Crippen LogP contribution is 2.25. The molecule has 0 fully saturated rings. The lowest BCUT2D eigenvalue weighted by atomic mass is 10.1. The predicted molar refractivity (Wildman–Crippen MR) is 116 cm³/mol. The van der Waals surface area contributed by atoms with Gasteiger partial charge in [0.25, 0.3) is 0 Å². The largest absolute Gasteiger partial charge is 0.497 e. The first kappa shape index (κ1) is 20.9. The van der Waals surface area contributed by atoms with Crippen LogP contribution in [-0.4, -0.2) is 45.5 Å². The van der Waals surface area contributed by atoms with Gasteiger partial charge in [0.2, 0.25) is 5.91 Å². The van der Waals surface area contributed by atoms with Crippen LogP contribution in [0.4, 0.5) is 0 Å². The molecule has 0 aliphatic heterocycles. The van der Waals surface area contributed by atoms with Crippen LogP contribution < -0.4 is 4.74 Å². The third-order valence-corrected chi connectivity index (χ3v) is 5.77.